The number of benzene rings is 1. The molecule has 1 aliphatic rings. The lowest BCUT2D eigenvalue weighted by atomic mass is 9.96. The Morgan fingerprint density at radius 1 is 1.32 bits per heavy atom. The van der Waals surface area contributed by atoms with E-state index in [0.717, 1.165) is 35.6 Å². The van der Waals surface area contributed by atoms with Gasteiger partial charge in [0.1, 0.15) is 5.75 Å². The monoisotopic (exact) mass is 326 g/mol. The van der Waals surface area contributed by atoms with Gasteiger partial charge >= 0.3 is 0 Å². The molecule has 0 amide bonds. The van der Waals surface area contributed by atoms with Gasteiger partial charge in [-0.3, -0.25) is 4.90 Å². The van der Waals surface area contributed by atoms with Gasteiger partial charge in [-0.05, 0) is 64.1 Å². The molecule has 4 heteroatoms. The number of halogens is 1. The number of aromatic hydroxyl groups is 1. The lowest BCUT2D eigenvalue weighted by Crippen LogP contribution is -2.36. The van der Waals surface area contributed by atoms with E-state index in [0.29, 0.717) is 5.75 Å². The fourth-order valence-electron chi connectivity index (χ4n) is 2.77. The molecule has 106 valence electrons. The standard InChI is InChI=1S/C15H23BrN2O/c1-17(2)10-12-5-7-18(8-6-12)11-13-9-14(16)3-4-15(13)19/h3-4,9,12,19H,5-8,10-11H2,1-2H3. The van der Waals surface area contributed by atoms with Gasteiger partial charge in [0.15, 0.2) is 0 Å². The number of likely N-dealkylation sites (tertiary alicyclic amines) is 1. The second-order valence-corrected chi connectivity index (χ2v) is 6.67. The molecule has 0 atom stereocenters. The van der Waals surface area contributed by atoms with Crippen molar-refractivity contribution in [3.63, 3.8) is 0 Å². The van der Waals surface area contributed by atoms with E-state index >= 15 is 0 Å². The Kier molecular flexibility index (Phi) is 5.25. The van der Waals surface area contributed by atoms with Crippen LogP contribution in [0.2, 0.25) is 0 Å². The highest BCUT2D eigenvalue weighted by Crippen LogP contribution is 2.25. The maximum absolute atomic E-state index is 9.88. The summed E-state index contributed by atoms with van der Waals surface area (Å²) in [6.45, 7) is 4.30. The number of piperidine rings is 1. The minimum absolute atomic E-state index is 0.401. The quantitative estimate of drug-likeness (QED) is 0.921. The van der Waals surface area contributed by atoms with Crippen LogP contribution < -0.4 is 0 Å². The highest BCUT2D eigenvalue weighted by molar-refractivity contribution is 9.10. The van der Waals surface area contributed by atoms with Gasteiger partial charge in [0.25, 0.3) is 0 Å². The first-order valence-corrected chi connectivity index (χ1v) is 7.68. The Hall–Kier alpha value is -0.580. The number of phenols is 1. The predicted molar refractivity (Wildman–Crippen MR) is 82.4 cm³/mol. The average molecular weight is 327 g/mol. The van der Waals surface area contributed by atoms with Gasteiger partial charge in [-0.2, -0.15) is 0 Å². The molecule has 1 aromatic carbocycles. The van der Waals surface area contributed by atoms with Crippen LogP contribution in [0.15, 0.2) is 22.7 Å². The Bertz CT molecular complexity index is 415. The molecule has 1 aromatic rings. The summed E-state index contributed by atoms with van der Waals surface area (Å²) in [4.78, 5) is 4.72. The second-order valence-electron chi connectivity index (χ2n) is 5.75. The van der Waals surface area contributed by atoms with Crippen molar-refractivity contribution >= 4 is 15.9 Å². The molecule has 1 fully saturated rings. The summed E-state index contributed by atoms with van der Waals surface area (Å²) in [6, 6.07) is 5.65. The molecule has 0 saturated carbocycles. The smallest absolute Gasteiger partial charge is 0.120 e. The van der Waals surface area contributed by atoms with Gasteiger partial charge in [0, 0.05) is 23.1 Å². The third-order valence-corrected chi connectivity index (χ3v) is 4.26. The first kappa shape index (κ1) is 14.8. The summed E-state index contributed by atoms with van der Waals surface area (Å²) in [6.07, 6.45) is 2.51. The van der Waals surface area contributed by atoms with Gasteiger partial charge < -0.3 is 10.0 Å². The first-order chi connectivity index (χ1) is 9.04. The maximum atomic E-state index is 9.88. The summed E-state index contributed by atoms with van der Waals surface area (Å²) < 4.78 is 1.03. The minimum Gasteiger partial charge on any atom is -0.508 e. The molecule has 1 aliphatic heterocycles. The number of hydrogen-bond donors (Lipinski definition) is 1. The van der Waals surface area contributed by atoms with Crippen LogP contribution in [0.3, 0.4) is 0 Å². The summed E-state index contributed by atoms with van der Waals surface area (Å²) in [5.41, 5.74) is 1.01. The molecule has 0 aliphatic carbocycles. The van der Waals surface area contributed by atoms with E-state index in [9.17, 15) is 5.11 Å². The van der Waals surface area contributed by atoms with Crippen molar-refractivity contribution in [3.05, 3.63) is 28.2 Å². The van der Waals surface area contributed by atoms with E-state index in [1.807, 2.05) is 12.1 Å². The van der Waals surface area contributed by atoms with Crippen molar-refractivity contribution in [2.24, 2.45) is 5.92 Å². The Balaban J connectivity index is 1.87. The van der Waals surface area contributed by atoms with Gasteiger partial charge in [0.05, 0.1) is 0 Å². The van der Waals surface area contributed by atoms with Crippen LogP contribution in [0.1, 0.15) is 18.4 Å². The van der Waals surface area contributed by atoms with Gasteiger partial charge in [0.2, 0.25) is 0 Å². The Morgan fingerprint density at radius 3 is 2.63 bits per heavy atom. The lowest BCUT2D eigenvalue weighted by molar-refractivity contribution is 0.156. The molecular weight excluding hydrogens is 304 g/mol. The van der Waals surface area contributed by atoms with Crippen molar-refractivity contribution in [1.82, 2.24) is 9.80 Å². The van der Waals surface area contributed by atoms with Crippen LogP contribution in [-0.2, 0) is 6.54 Å². The lowest BCUT2D eigenvalue weighted by Gasteiger charge is -2.33. The Morgan fingerprint density at radius 2 is 2.00 bits per heavy atom. The summed E-state index contributed by atoms with van der Waals surface area (Å²) in [7, 11) is 4.29. The summed E-state index contributed by atoms with van der Waals surface area (Å²) in [5.74, 6) is 1.22. The van der Waals surface area contributed by atoms with Crippen LogP contribution >= 0.6 is 15.9 Å². The van der Waals surface area contributed by atoms with E-state index < -0.39 is 0 Å². The van der Waals surface area contributed by atoms with Gasteiger partial charge in [-0.25, -0.2) is 0 Å². The fraction of sp³-hybridized carbons (Fsp3) is 0.600. The minimum atomic E-state index is 0.401. The zero-order chi connectivity index (χ0) is 13.8. The average Bonchev–Trinajstić information content (AvgIpc) is 2.35. The molecule has 0 unspecified atom stereocenters. The molecule has 19 heavy (non-hydrogen) atoms. The molecule has 3 nitrogen and oxygen atoms in total. The van der Waals surface area contributed by atoms with E-state index in [4.69, 9.17) is 0 Å². The normalized spacial score (nSPS) is 18.1. The zero-order valence-corrected chi connectivity index (χ0v) is 13.4. The molecule has 1 saturated heterocycles. The second kappa shape index (κ2) is 6.73. The SMILES string of the molecule is CN(C)CC1CCN(Cc2cc(Br)ccc2O)CC1. The van der Waals surface area contributed by atoms with Crippen LogP contribution in [0.4, 0.5) is 0 Å². The van der Waals surface area contributed by atoms with E-state index in [1.165, 1.54) is 19.4 Å². The van der Waals surface area contributed by atoms with E-state index in [1.54, 1.807) is 6.07 Å². The molecule has 0 aromatic heterocycles. The first-order valence-electron chi connectivity index (χ1n) is 6.89. The number of rotatable bonds is 4. The molecule has 0 radical (unpaired) electrons. The molecular formula is C15H23BrN2O. The molecule has 0 spiro atoms. The van der Waals surface area contributed by atoms with Crippen molar-refractivity contribution in [3.8, 4) is 5.75 Å². The number of hydrogen-bond acceptors (Lipinski definition) is 3. The molecule has 0 bridgehead atoms. The van der Waals surface area contributed by atoms with Crippen LogP contribution in [0.25, 0.3) is 0 Å². The fourth-order valence-corrected chi connectivity index (χ4v) is 3.17. The third-order valence-electron chi connectivity index (χ3n) is 3.77. The van der Waals surface area contributed by atoms with Crippen LogP contribution in [0, 0.1) is 5.92 Å². The highest BCUT2D eigenvalue weighted by Gasteiger charge is 2.20. The zero-order valence-electron chi connectivity index (χ0n) is 11.8. The van der Waals surface area contributed by atoms with E-state index in [-0.39, 0.29) is 0 Å². The predicted octanol–water partition coefficient (Wildman–Crippen LogP) is 2.93. The van der Waals surface area contributed by atoms with E-state index in [2.05, 4.69) is 39.8 Å². The topological polar surface area (TPSA) is 26.7 Å². The molecule has 1 heterocycles. The van der Waals surface area contributed by atoms with Gasteiger partial charge in [-0.15, -0.1) is 0 Å². The number of phenolic OH excluding ortho intramolecular Hbond substituents is 1. The van der Waals surface area contributed by atoms with Crippen molar-refractivity contribution in [2.45, 2.75) is 19.4 Å². The number of nitrogens with zero attached hydrogens (tertiary/aromatic N) is 2. The molecule has 2 rings (SSSR count). The van der Waals surface area contributed by atoms with Crippen molar-refractivity contribution in [2.75, 3.05) is 33.7 Å². The highest BCUT2D eigenvalue weighted by atomic mass is 79.9. The van der Waals surface area contributed by atoms with Crippen molar-refractivity contribution < 1.29 is 5.11 Å². The summed E-state index contributed by atoms with van der Waals surface area (Å²) in [5, 5.41) is 9.88. The van der Waals surface area contributed by atoms with Crippen LogP contribution in [-0.4, -0.2) is 48.6 Å². The summed E-state index contributed by atoms with van der Waals surface area (Å²) >= 11 is 3.46. The largest absolute Gasteiger partial charge is 0.508 e. The maximum Gasteiger partial charge on any atom is 0.120 e. The molecule has 1 N–H and O–H groups in total. The van der Waals surface area contributed by atoms with Gasteiger partial charge in [-0.1, -0.05) is 15.9 Å². The van der Waals surface area contributed by atoms with Crippen LogP contribution in [0.5, 0.6) is 5.75 Å². The third kappa shape index (κ3) is 4.48. The Labute approximate surface area is 124 Å². The van der Waals surface area contributed by atoms with Crippen molar-refractivity contribution in [1.29, 1.82) is 0 Å².